The van der Waals surface area contributed by atoms with Crippen molar-refractivity contribution in [3.63, 3.8) is 0 Å². The summed E-state index contributed by atoms with van der Waals surface area (Å²) in [6, 6.07) is 28.3. The van der Waals surface area contributed by atoms with E-state index in [1.54, 1.807) is 69.8 Å². The number of hydrogen-bond acceptors (Lipinski definition) is 3. The minimum Gasteiger partial charge on any atom is -0.306 e. The van der Waals surface area contributed by atoms with E-state index in [9.17, 15) is 35.9 Å². The SMILES string of the molecule is O=C1c2ccccc2C(=O)N1c1cc(-n2c3ccccc3c3cc(C(F)(F)F)ccc32)ncc1-n1c2ccccc2c2cc(C(F)(F)F)ccc21. The topological polar surface area (TPSA) is 60.1 Å². The molecule has 51 heavy (non-hydrogen) atoms. The second-order valence-electron chi connectivity index (χ2n) is 12.2. The minimum atomic E-state index is -4.60. The number of nitrogens with zero attached hydrogens (tertiary/aromatic N) is 4. The number of carbonyl (C=O) groups is 2. The summed E-state index contributed by atoms with van der Waals surface area (Å²) in [6.45, 7) is 0. The third kappa shape index (κ3) is 4.48. The smallest absolute Gasteiger partial charge is 0.306 e. The van der Waals surface area contributed by atoms with Crippen molar-refractivity contribution in [2.24, 2.45) is 0 Å². The van der Waals surface area contributed by atoms with Gasteiger partial charge in [-0.25, -0.2) is 9.88 Å². The molecule has 1 aliphatic rings. The van der Waals surface area contributed by atoms with Crippen LogP contribution in [-0.2, 0) is 12.4 Å². The van der Waals surface area contributed by atoms with Crippen LogP contribution in [0.1, 0.15) is 31.8 Å². The van der Waals surface area contributed by atoms with E-state index in [0.717, 1.165) is 29.2 Å². The van der Waals surface area contributed by atoms with Crippen molar-refractivity contribution in [3.05, 3.63) is 144 Å². The minimum absolute atomic E-state index is 0.0755. The second kappa shape index (κ2) is 10.5. The van der Waals surface area contributed by atoms with E-state index in [2.05, 4.69) is 0 Å². The molecule has 2 amide bonds. The summed E-state index contributed by atoms with van der Waals surface area (Å²) in [5, 5.41) is 1.63. The predicted octanol–water partition coefficient (Wildman–Crippen LogP) is 10.1. The highest BCUT2D eigenvalue weighted by atomic mass is 19.4. The molecule has 0 unspecified atom stereocenters. The summed E-state index contributed by atoms with van der Waals surface area (Å²) in [7, 11) is 0. The number of imide groups is 1. The molecule has 250 valence electrons. The van der Waals surface area contributed by atoms with Crippen LogP contribution in [0.4, 0.5) is 32.0 Å². The molecule has 0 saturated carbocycles. The average Bonchev–Trinajstić information content (AvgIpc) is 3.72. The van der Waals surface area contributed by atoms with Crippen molar-refractivity contribution in [1.82, 2.24) is 14.1 Å². The number of hydrogen-bond donors (Lipinski definition) is 0. The number of para-hydroxylation sites is 2. The van der Waals surface area contributed by atoms with Crippen LogP contribution in [0.15, 0.2) is 121 Å². The standard InChI is InChI=1S/C39H20F6N4O2/c40-38(41,42)21-13-15-31-27(17-21)23-7-3-5-11-29(23)47(31)34-20-46-35(19-33(34)49-36(50)25-9-1-2-10-26(25)37(49)51)48-30-12-6-4-8-24(30)28-18-22(39(43,44)45)14-16-32(28)48/h1-20H. The lowest BCUT2D eigenvalue weighted by molar-refractivity contribution is -0.138. The molecule has 0 spiro atoms. The highest BCUT2D eigenvalue weighted by Crippen LogP contribution is 2.42. The molecule has 0 atom stereocenters. The van der Waals surface area contributed by atoms with Crippen LogP contribution < -0.4 is 4.90 Å². The van der Waals surface area contributed by atoms with Crippen molar-refractivity contribution in [2.75, 3.05) is 4.90 Å². The molecule has 4 heterocycles. The van der Waals surface area contributed by atoms with Gasteiger partial charge in [-0.2, -0.15) is 26.3 Å². The third-order valence-electron chi connectivity index (χ3n) is 9.35. The summed E-state index contributed by atoms with van der Waals surface area (Å²) < 4.78 is 86.2. The van der Waals surface area contributed by atoms with Gasteiger partial charge in [-0.15, -0.1) is 0 Å². The van der Waals surface area contributed by atoms with E-state index < -0.39 is 35.3 Å². The number of aromatic nitrogens is 3. The molecule has 0 aliphatic carbocycles. The number of anilines is 1. The normalized spacial score (nSPS) is 13.7. The van der Waals surface area contributed by atoms with Crippen LogP contribution in [0.5, 0.6) is 0 Å². The fraction of sp³-hybridized carbons (Fsp3) is 0.0513. The van der Waals surface area contributed by atoms with Gasteiger partial charge in [-0.05, 0) is 60.7 Å². The molecule has 0 N–H and O–H groups in total. The van der Waals surface area contributed by atoms with E-state index >= 15 is 0 Å². The maximum atomic E-state index is 14.0. The number of carbonyl (C=O) groups excluding carboxylic acids is 2. The first-order valence-corrected chi connectivity index (χ1v) is 15.6. The van der Waals surface area contributed by atoms with E-state index in [-0.39, 0.29) is 28.3 Å². The van der Waals surface area contributed by atoms with Gasteiger partial charge in [-0.1, -0.05) is 48.5 Å². The molecule has 8 aromatic rings. The summed E-state index contributed by atoms with van der Waals surface area (Å²) in [4.78, 5) is 33.8. The molecule has 0 bridgehead atoms. The molecule has 1 aliphatic heterocycles. The largest absolute Gasteiger partial charge is 0.416 e. The molecule has 3 aromatic heterocycles. The Balaban J connectivity index is 1.36. The summed E-state index contributed by atoms with van der Waals surface area (Å²) in [5.74, 6) is -1.05. The van der Waals surface area contributed by atoms with Gasteiger partial charge in [0.1, 0.15) is 5.82 Å². The van der Waals surface area contributed by atoms with E-state index in [1.807, 2.05) is 0 Å². The van der Waals surface area contributed by atoms with Gasteiger partial charge in [0.05, 0.1) is 61.9 Å². The first-order valence-electron chi connectivity index (χ1n) is 15.6. The number of fused-ring (bicyclic) bond motifs is 7. The number of halogens is 6. The Morgan fingerprint density at radius 1 is 0.471 bits per heavy atom. The Morgan fingerprint density at radius 3 is 1.45 bits per heavy atom. The molecule has 0 radical (unpaired) electrons. The Morgan fingerprint density at radius 2 is 0.922 bits per heavy atom. The molecule has 0 saturated heterocycles. The summed E-state index contributed by atoms with van der Waals surface area (Å²) in [6.07, 6.45) is -7.77. The predicted molar refractivity (Wildman–Crippen MR) is 181 cm³/mol. The zero-order chi connectivity index (χ0) is 35.4. The first kappa shape index (κ1) is 30.6. The van der Waals surface area contributed by atoms with Gasteiger partial charge in [0.15, 0.2) is 0 Å². The second-order valence-corrected chi connectivity index (χ2v) is 12.2. The Bertz CT molecular complexity index is 2760. The molecule has 5 aromatic carbocycles. The highest BCUT2D eigenvalue weighted by molar-refractivity contribution is 6.35. The van der Waals surface area contributed by atoms with Gasteiger partial charge in [0.2, 0.25) is 0 Å². The lowest BCUT2D eigenvalue weighted by Gasteiger charge is -2.21. The van der Waals surface area contributed by atoms with Crippen LogP contribution in [0.3, 0.4) is 0 Å². The van der Waals surface area contributed by atoms with Gasteiger partial charge < -0.3 is 4.57 Å². The van der Waals surface area contributed by atoms with Gasteiger partial charge in [-0.3, -0.25) is 14.2 Å². The summed E-state index contributed by atoms with van der Waals surface area (Å²) >= 11 is 0. The zero-order valence-corrected chi connectivity index (χ0v) is 25.9. The molecular weight excluding hydrogens is 670 g/mol. The Labute approximate surface area is 283 Å². The maximum absolute atomic E-state index is 14.0. The number of rotatable bonds is 3. The number of pyridine rings is 1. The van der Waals surface area contributed by atoms with Gasteiger partial charge in [0, 0.05) is 27.6 Å². The van der Waals surface area contributed by atoms with E-state index in [1.165, 1.54) is 36.5 Å². The zero-order valence-electron chi connectivity index (χ0n) is 25.9. The number of alkyl halides is 6. The monoisotopic (exact) mass is 690 g/mol. The van der Waals surface area contributed by atoms with Crippen LogP contribution in [0.2, 0.25) is 0 Å². The quantitative estimate of drug-likeness (QED) is 0.137. The van der Waals surface area contributed by atoms with Crippen LogP contribution >= 0.6 is 0 Å². The van der Waals surface area contributed by atoms with Crippen molar-refractivity contribution >= 4 is 61.1 Å². The lowest BCUT2D eigenvalue weighted by Crippen LogP contribution is -2.30. The van der Waals surface area contributed by atoms with Gasteiger partial charge >= 0.3 is 12.4 Å². The lowest BCUT2D eigenvalue weighted by atomic mass is 10.1. The van der Waals surface area contributed by atoms with Crippen molar-refractivity contribution in [2.45, 2.75) is 12.4 Å². The van der Waals surface area contributed by atoms with Crippen molar-refractivity contribution in [1.29, 1.82) is 0 Å². The van der Waals surface area contributed by atoms with Crippen LogP contribution in [-0.4, -0.2) is 25.9 Å². The highest BCUT2D eigenvalue weighted by Gasteiger charge is 2.39. The van der Waals surface area contributed by atoms with Crippen molar-refractivity contribution < 1.29 is 35.9 Å². The average molecular weight is 691 g/mol. The van der Waals surface area contributed by atoms with E-state index in [4.69, 9.17) is 4.98 Å². The van der Waals surface area contributed by atoms with Crippen molar-refractivity contribution in [3.8, 4) is 11.5 Å². The third-order valence-corrected chi connectivity index (χ3v) is 9.35. The number of amides is 2. The van der Waals surface area contributed by atoms with Gasteiger partial charge in [0.25, 0.3) is 11.8 Å². The molecule has 0 fully saturated rings. The fourth-order valence-corrected chi connectivity index (χ4v) is 7.11. The fourth-order valence-electron chi connectivity index (χ4n) is 7.11. The molecule has 6 nitrogen and oxygen atoms in total. The Hall–Kier alpha value is -6.43. The van der Waals surface area contributed by atoms with Crippen LogP contribution in [0.25, 0.3) is 55.1 Å². The Kier molecular flexibility index (Phi) is 6.32. The van der Waals surface area contributed by atoms with Crippen LogP contribution in [0, 0.1) is 0 Å². The first-order chi connectivity index (χ1) is 24.4. The molecular formula is C39H20F6N4O2. The summed E-state index contributed by atoms with van der Waals surface area (Å²) in [5.41, 5.74) is 0.752. The number of benzene rings is 5. The molecule has 9 rings (SSSR count). The van der Waals surface area contributed by atoms with E-state index in [0.29, 0.717) is 43.6 Å². The molecule has 12 heteroatoms. The maximum Gasteiger partial charge on any atom is 0.416 e.